The zero-order chi connectivity index (χ0) is 33.3. The van der Waals surface area contributed by atoms with Crippen LogP contribution in [0, 0.1) is 0 Å². The van der Waals surface area contributed by atoms with Gasteiger partial charge in [0.15, 0.2) is 25.2 Å². The number of hydrogen-bond donors (Lipinski definition) is 14. The summed E-state index contributed by atoms with van der Waals surface area (Å²) >= 11 is 0. The smallest absolute Gasteiger partial charge is 0.186 e. The van der Waals surface area contributed by atoms with Gasteiger partial charge in [-0.15, -0.1) is 0 Å². The molecule has 4 saturated heterocycles. The van der Waals surface area contributed by atoms with Crippen molar-refractivity contribution < 1.29 is 105 Å². The van der Waals surface area contributed by atoms with Crippen LogP contribution in [0.4, 0.5) is 0 Å². The Labute approximate surface area is 254 Å². The Morgan fingerprint density at radius 1 is 0.333 bits per heavy atom. The fraction of sp³-hybridized carbons (Fsp3) is 1.00. The van der Waals surface area contributed by atoms with E-state index in [1.807, 2.05) is 0 Å². The van der Waals surface area contributed by atoms with Gasteiger partial charge >= 0.3 is 0 Å². The molecule has 4 rings (SSSR count). The van der Waals surface area contributed by atoms with Crippen molar-refractivity contribution in [2.24, 2.45) is 0 Å². The molecule has 4 aliphatic heterocycles. The zero-order valence-corrected chi connectivity index (χ0v) is 23.5. The molecule has 0 amide bonds. The van der Waals surface area contributed by atoms with E-state index in [2.05, 4.69) is 0 Å². The molecular formula is C24H42O21. The van der Waals surface area contributed by atoms with Crippen LogP contribution in [0.15, 0.2) is 0 Å². The molecule has 0 radical (unpaired) electrons. The van der Waals surface area contributed by atoms with Crippen LogP contribution in [-0.2, 0) is 33.2 Å². The van der Waals surface area contributed by atoms with Crippen molar-refractivity contribution in [3.63, 3.8) is 0 Å². The number of aliphatic hydroxyl groups excluding tert-OH is 14. The third-order valence-corrected chi connectivity index (χ3v) is 8.15. The van der Waals surface area contributed by atoms with Crippen LogP contribution < -0.4 is 0 Å². The molecule has 0 aliphatic carbocycles. The molecule has 14 N–H and O–H groups in total. The van der Waals surface area contributed by atoms with Gasteiger partial charge in [0.25, 0.3) is 0 Å². The summed E-state index contributed by atoms with van der Waals surface area (Å²) in [5.74, 6) is 0. The number of hydrogen-bond acceptors (Lipinski definition) is 21. The van der Waals surface area contributed by atoms with Crippen molar-refractivity contribution in [2.75, 3.05) is 26.4 Å². The summed E-state index contributed by atoms with van der Waals surface area (Å²) in [6.07, 6.45) is -34.1. The standard InChI is InChI=1S/C24H42O21/c25-1-5-9(26)14(31)18(35)22(43-5)40-3-7-11(28)16(33)20(37)24(45-7)41-4-8-12(29)15(32)19(36)23(44-8)39-2-6-10(27)13(30)17(34)21(38)42-6/h5-38H,1-4H2/t5-,6-,7-,8-,9+,10-,11+,12+,13+,14+,15+,16+,17-,18-,19-,20-,21?,22-,23-,24-/m1/s1. The van der Waals surface area contributed by atoms with Gasteiger partial charge in [-0.3, -0.25) is 0 Å². The first-order chi connectivity index (χ1) is 21.2. The summed E-state index contributed by atoms with van der Waals surface area (Å²) in [4.78, 5) is 0. The molecule has 0 aromatic carbocycles. The van der Waals surface area contributed by atoms with E-state index in [1.165, 1.54) is 0 Å². The average molecular weight is 667 g/mol. The molecule has 4 fully saturated rings. The Hall–Kier alpha value is -0.840. The van der Waals surface area contributed by atoms with Gasteiger partial charge in [-0.05, 0) is 0 Å². The van der Waals surface area contributed by atoms with E-state index in [0.717, 1.165) is 0 Å². The van der Waals surface area contributed by atoms with Crippen molar-refractivity contribution in [2.45, 2.75) is 123 Å². The first-order valence-corrected chi connectivity index (χ1v) is 14.1. The highest BCUT2D eigenvalue weighted by Gasteiger charge is 2.50. The molecule has 45 heavy (non-hydrogen) atoms. The molecule has 0 spiro atoms. The second-order valence-corrected chi connectivity index (χ2v) is 11.3. The van der Waals surface area contributed by atoms with Crippen LogP contribution in [0.25, 0.3) is 0 Å². The SMILES string of the molecule is OC[C@H]1O[C@@H](OC[C@H]2O[C@@H](OC[C@H]3O[C@@H](OC[C@H]4OC(O)[C@H](O)[C@@H](O)[C@@H]4O)[C@H](O)[C@@H](O)[C@H]3O)[C@H](O)[C@@H](O)[C@H]2O)[C@H](O)[C@@H](O)[C@H]1O. The molecule has 0 saturated carbocycles. The lowest BCUT2D eigenvalue weighted by molar-refractivity contribution is -0.346. The molecule has 0 aromatic heterocycles. The van der Waals surface area contributed by atoms with Gasteiger partial charge in [-0.1, -0.05) is 0 Å². The van der Waals surface area contributed by atoms with Gasteiger partial charge < -0.3 is 105 Å². The highest BCUT2D eigenvalue weighted by Crippen LogP contribution is 2.29. The maximum atomic E-state index is 10.4. The molecule has 21 heteroatoms. The lowest BCUT2D eigenvalue weighted by atomic mass is 9.98. The normalized spacial score (nSPS) is 52.9. The van der Waals surface area contributed by atoms with Gasteiger partial charge in [0, 0.05) is 0 Å². The summed E-state index contributed by atoms with van der Waals surface area (Å²) in [6, 6.07) is 0. The van der Waals surface area contributed by atoms with E-state index in [1.54, 1.807) is 0 Å². The molecule has 0 aromatic rings. The fourth-order valence-electron chi connectivity index (χ4n) is 5.23. The van der Waals surface area contributed by atoms with Gasteiger partial charge in [0.2, 0.25) is 0 Å². The Morgan fingerprint density at radius 3 is 0.978 bits per heavy atom. The third kappa shape index (κ3) is 7.91. The Morgan fingerprint density at radius 2 is 0.622 bits per heavy atom. The van der Waals surface area contributed by atoms with E-state index in [9.17, 15) is 71.5 Å². The summed E-state index contributed by atoms with van der Waals surface area (Å²) in [7, 11) is 0. The number of rotatable bonds is 10. The fourth-order valence-corrected chi connectivity index (χ4v) is 5.23. The highest BCUT2D eigenvalue weighted by molar-refractivity contribution is 4.94. The minimum absolute atomic E-state index is 0.633. The minimum atomic E-state index is -1.88. The van der Waals surface area contributed by atoms with Crippen molar-refractivity contribution in [1.82, 2.24) is 0 Å². The van der Waals surface area contributed by atoms with E-state index in [0.29, 0.717) is 0 Å². The molecule has 4 aliphatic rings. The lowest BCUT2D eigenvalue weighted by Crippen LogP contribution is -2.63. The predicted molar refractivity (Wildman–Crippen MR) is 134 cm³/mol. The van der Waals surface area contributed by atoms with Gasteiger partial charge in [-0.2, -0.15) is 0 Å². The predicted octanol–water partition coefficient (Wildman–Crippen LogP) is -9.75. The van der Waals surface area contributed by atoms with Crippen molar-refractivity contribution in [3.8, 4) is 0 Å². The molecular weight excluding hydrogens is 624 g/mol. The van der Waals surface area contributed by atoms with E-state index in [4.69, 9.17) is 33.2 Å². The van der Waals surface area contributed by atoms with Gasteiger partial charge in [0.1, 0.15) is 97.7 Å². The number of ether oxygens (including phenoxy) is 7. The molecule has 264 valence electrons. The summed E-state index contributed by atoms with van der Waals surface area (Å²) in [5, 5.41) is 141. The maximum absolute atomic E-state index is 10.4. The Balaban J connectivity index is 1.33. The van der Waals surface area contributed by atoms with Crippen LogP contribution in [0.2, 0.25) is 0 Å². The number of aliphatic hydroxyl groups is 14. The Bertz CT molecular complexity index is 916. The minimum Gasteiger partial charge on any atom is -0.394 e. The summed E-state index contributed by atoms with van der Waals surface area (Å²) in [6.45, 7) is -2.67. The van der Waals surface area contributed by atoms with Gasteiger partial charge in [-0.25, -0.2) is 0 Å². The molecule has 4 heterocycles. The van der Waals surface area contributed by atoms with E-state index in [-0.39, 0.29) is 0 Å². The summed E-state index contributed by atoms with van der Waals surface area (Å²) in [5.41, 5.74) is 0. The largest absolute Gasteiger partial charge is 0.394 e. The summed E-state index contributed by atoms with van der Waals surface area (Å²) < 4.78 is 37.2. The third-order valence-electron chi connectivity index (χ3n) is 8.15. The maximum Gasteiger partial charge on any atom is 0.186 e. The van der Waals surface area contributed by atoms with E-state index >= 15 is 0 Å². The van der Waals surface area contributed by atoms with Crippen molar-refractivity contribution >= 4 is 0 Å². The average Bonchev–Trinajstić information content (AvgIpc) is 3.02. The zero-order valence-electron chi connectivity index (χ0n) is 23.5. The quantitative estimate of drug-likeness (QED) is 0.103. The van der Waals surface area contributed by atoms with Crippen LogP contribution in [0.1, 0.15) is 0 Å². The van der Waals surface area contributed by atoms with Crippen LogP contribution >= 0.6 is 0 Å². The van der Waals surface area contributed by atoms with Crippen molar-refractivity contribution in [1.29, 1.82) is 0 Å². The van der Waals surface area contributed by atoms with Crippen LogP contribution in [0.3, 0.4) is 0 Å². The Kier molecular flexibility index (Phi) is 12.8. The van der Waals surface area contributed by atoms with Crippen molar-refractivity contribution in [3.05, 3.63) is 0 Å². The van der Waals surface area contributed by atoms with Crippen LogP contribution in [0.5, 0.6) is 0 Å². The molecule has 1 unspecified atom stereocenters. The molecule has 20 atom stereocenters. The monoisotopic (exact) mass is 666 g/mol. The second-order valence-electron chi connectivity index (χ2n) is 11.3. The molecule has 21 nitrogen and oxygen atoms in total. The highest BCUT2D eigenvalue weighted by atomic mass is 16.7. The van der Waals surface area contributed by atoms with E-state index < -0.39 is 149 Å². The first kappa shape index (κ1) is 37.0. The first-order valence-electron chi connectivity index (χ1n) is 14.1. The second kappa shape index (κ2) is 15.6. The lowest BCUT2D eigenvalue weighted by Gasteiger charge is -2.44. The van der Waals surface area contributed by atoms with Crippen LogP contribution in [-0.4, -0.2) is 221 Å². The molecule has 0 bridgehead atoms. The topological polar surface area (TPSA) is 348 Å². The van der Waals surface area contributed by atoms with Gasteiger partial charge in [0.05, 0.1) is 26.4 Å².